The molecule has 1 atom stereocenters. The SMILES string of the molecule is CCOC(=O)C=CC(O)c1ccccc1. The first-order valence-corrected chi connectivity index (χ1v) is 4.82. The van der Waals surface area contributed by atoms with Crippen LogP contribution in [0.15, 0.2) is 42.5 Å². The fourth-order valence-electron chi connectivity index (χ4n) is 1.12. The smallest absolute Gasteiger partial charge is 0.330 e. The number of ether oxygens (including phenoxy) is 1. The highest BCUT2D eigenvalue weighted by molar-refractivity contribution is 5.81. The fraction of sp³-hybridized carbons (Fsp3) is 0.250. The van der Waals surface area contributed by atoms with Gasteiger partial charge in [-0.25, -0.2) is 4.79 Å². The molecule has 1 unspecified atom stereocenters. The van der Waals surface area contributed by atoms with E-state index in [4.69, 9.17) is 4.74 Å². The molecule has 15 heavy (non-hydrogen) atoms. The fourth-order valence-corrected chi connectivity index (χ4v) is 1.12. The van der Waals surface area contributed by atoms with Gasteiger partial charge in [0.05, 0.1) is 12.7 Å². The molecule has 0 aliphatic rings. The van der Waals surface area contributed by atoms with Crippen LogP contribution in [0, 0.1) is 0 Å². The molecular formula is C12H14O3. The van der Waals surface area contributed by atoms with Gasteiger partial charge in [0, 0.05) is 6.08 Å². The first-order chi connectivity index (χ1) is 7.24. The molecular weight excluding hydrogens is 192 g/mol. The standard InChI is InChI=1S/C12H14O3/c1-2-15-12(14)9-8-11(13)10-6-4-3-5-7-10/h3-9,11,13H,2H2,1H3. The summed E-state index contributed by atoms with van der Waals surface area (Å²) in [6.07, 6.45) is 1.88. The molecule has 0 saturated carbocycles. The molecule has 0 amide bonds. The maximum Gasteiger partial charge on any atom is 0.330 e. The molecule has 0 aliphatic heterocycles. The number of carbonyl (C=O) groups excluding carboxylic acids is 1. The zero-order valence-electron chi connectivity index (χ0n) is 8.59. The quantitative estimate of drug-likeness (QED) is 0.604. The Bertz CT molecular complexity index is 330. The molecule has 0 radical (unpaired) electrons. The van der Waals surface area contributed by atoms with Gasteiger partial charge in [0.25, 0.3) is 0 Å². The number of esters is 1. The summed E-state index contributed by atoms with van der Waals surface area (Å²) >= 11 is 0. The van der Waals surface area contributed by atoms with E-state index in [1.807, 2.05) is 18.2 Å². The Morgan fingerprint density at radius 3 is 2.73 bits per heavy atom. The van der Waals surface area contributed by atoms with Crippen molar-refractivity contribution in [1.82, 2.24) is 0 Å². The van der Waals surface area contributed by atoms with Crippen LogP contribution in [0.2, 0.25) is 0 Å². The molecule has 1 N–H and O–H groups in total. The first-order valence-electron chi connectivity index (χ1n) is 4.82. The molecule has 0 bridgehead atoms. The van der Waals surface area contributed by atoms with Crippen molar-refractivity contribution >= 4 is 5.97 Å². The third-order valence-corrected chi connectivity index (χ3v) is 1.84. The minimum atomic E-state index is -0.768. The van der Waals surface area contributed by atoms with Crippen LogP contribution in [0.25, 0.3) is 0 Å². The van der Waals surface area contributed by atoms with Crippen LogP contribution in [-0.4, -0.2) is 17.7 Å². The molecule has 1 aromatic rings. The van der Waals surface area contributed by atoms with E-state index in [9.17, 15) is 9.90 Å². The zero-order chi connectivity index (χ0) is 11.1. The Morgan fingerprint density at radius 2 is 2.13 bits per heavy atom. The zero-order valence-corrected chi connectivity index (χ0v) is 8.59. The topological polar surface area (TPSA) is 46.5 Å². The lowest BCUT2D eigenvalue weighted by Crippen LogP contribution is -2.00. The maximum atomic E-state index is 11.0. The Labute approximate surface area is 89.0 Å². The molecule has 1 aromatic carbocycles. The third kappa shape index (κ3) is 3.95. The van der Waals surface area contributed by atoms with Gasteiger partial charge < -0.3 is 9.84 Å². The van der Waals surface area contributed by atoms with Crippen LogP contribution in [0.5, 0.6) is 0 Å². The Balaban J connectivity index is 2.56. The summed E-state index contributed by atoms with van der Waals surface area (Å²) in [5.74, 6) is -0.438. The predicted molar refractivity (Wildman–Crippen MR) is 57.2 cm³/mol. The summed E-state index contributed by atoms with van der Waals surface area (Å²) in [7, 11) is 0. The van der Waals surface area contributed by atoms with E-state index in [1.165, 1.54) is 12.2 Å². The second-order valence-electron chi connectivity index (χ2n) is 2.97. The van der Waals surface area contributed by atoms with Crippen LogP contribution in [0.4, 0.5) is 0 Å². The molecule has 1 rings (SSSR count). The van der Waals surface area contributed by atoms with E-state index in [2.05, 4.69) is 0 Å². The maximum absolute atomic E-state index is 11.0. The minimum Gasteiger partial charge on any atom is -0.463 e. The number of carbonyl (C=O) groups is 1. The molecule has 80 valence electrons. The van der Waals surface area contributed by atoms with Crippen molar-refractivity contribution in [2.45, 2.75) is 13.0 Å². The minimum absolute atomic E-state index is 0.338. The lowest BCUT2D eigenvalue weighted by Gasteiger charge is -2.04. The largest absolute Gasteiger partial charge is 0.463 e. The Hall–Kier alpha value is -1.61. The highest BCUT2D eigenvalue weighted by Crippen LogP contribution is 2.12. The van der Waals surface area contributed by atoms with Gasteiger partial charge in [-0.2, -0.15) is 0 Å². The van der Waals surface area contributed by atoms with Gasteiger partial charge in [-0.1, -0.05) is 30.3 Å². The van der Waals surface area contributed by atoms with Crippen LogP contribution in [0.3, 0.4) is 0 Å². The Kier molecular flexibility index (Phi) is 4.57. The van der Waals surface area contributed by atoms with Gasteiger partial charge in [0.2, 0.25) is 0 Å². The van der Waals surface area contributed by atoms with Gasteiger partial charge in [-0.3, -0.25) is 0 Å². The van der Waals surface area contributed by atoms with Gasteiger partial charge in [0.1, 0.15) is 0 Å². The van der Waals surface area contributed by atoms with Crippen LogP contribution in [-0.2, 0) is 9.53 Å². The van der Waals surface area contributed by atoms with Crippen molar-refractivity contribution in [1.29, 1.82) is 0 Å². The summed E-state index contributed by atoms with van der Waals surface area (Å²) in [6, 6.07) is 9.11. The van der Waals surface area contributed by atoms with Crippen LogP contribution >= 0.6 is 0 Å². The van der Waals surface area contributed by atoms with Crippen molar-refractivity contribution in [3.8, 4) is 0 Å². The average Bonchev–Trinajstić information content (AvgIpc) is 2.27. The lowest BCUT2D eigenvalue weighted by molar-refractivity contribution is -0.137. The third-order valence-electron chi connectivity index (χ3n) is 1.84. The van der Waals surface area contributed by atoms with Gasteiger partial charge in [-0.15, -0.1) is 0 Å². The summed E-state index contributed by atoms with van der Waals surface area (Å²) in [5.41, 5.74) is 0.748. The molecule has 0 heterocycles. The van der Waals surface area contributed by atoms with E-state index in [0.29, 0.717) is 6.61 Å². The summed E-state index contributed by atoms with van der Waals surface area (Å²) < 4.78 is 4.69. The summed E-state index contributed by atoms with van der Waals surface area (Å²) in [4.78, 5) is 11.0. The second kappa shape index (κ2) is 5.98. The first kappa shape index (κ1) is 11.5. The molecule has 3 heteroatoms. The molecule has 3 nitrogen and oxygen atoms in total. The van der Waals surface area contributed by atoms with Gasteiger partial charge in [0.15, 0.2) is 0 Å². The van der Waals surface area contributed by atoms with E-state index >= 15 is 0 Å². The highest BCUT2D eigenvalue weighted by Gasteiger charge is 2.02. The molecule has 0 spiro atoms. The van der Waals surface area contributed by atoms with Crippen molar-refractivity contribution in [3.63, 3.8) is 0 Å². The number of aliphatic hydroxyl groups is 1. The predicted octanol–water partition coefficient (Wildman–Crippen LogP) is 1.84. The van der Waals surface area contributed by atoms with Crippen molar-refractivity contribution in [3.05, 3.63) is 48.0 Å². The van der Waals surface area contributed by atoms with Crippen molar-refractivity contribution in [2.24, 2.45) is 0 Å². The van der Waals surface area contributed by atoms with Gasteiger partial charge in [-0.05, 0) is 18.6 Å². The van der Waals surface area contributed by atoms with Crippen molar-refractivity contribution in [2.75, 3.05) is 6.61 Å². The number of hydrogen-bond acceptors (Lipinski definition) is 3. The van der Waals surface area contributed by atoms with E-state index in [-0.39, 0.29) is 0 Å². The lowest BCUT2D eigenvalue weighted by atomic mass is 10.1. The van der Waals surface area contributed by atoms with Crippen molar-refractivity contribution < 1.29 is 14.6 Å². The number of aliphatic hydroxyl groups excluding tert-OH is 1. The second-order valence-corrected chi connectivity index (χ2v) is 2.97. The van der Waals surface area contributed by atoms with Gasteiger partial charge >= 0.3 is 5.97 Å². The van der Waals surface area contributed by atoms with E-state index in [0.717, 1.165) is 5.56 Å². The number of hydrogen-bond donors (Lipinski definition) is 1. The molecule has 0 aliphatic carbocycles. The summed E-state index contributed by atoms with van der Waals surface area (Å²) in [6.45, 7) is 2.07. The van der Waals surface area contributed by atoms with E-state index in [1.54, 1.807) is 19.1 Å². The normalized spacial score (nSPS) is 12.7. The monoisotopic (exact) mass is 206 g/mol. The number of rotatable bonds is 4. The van der Waals surface area contributed by atoms with Crippen LogP contribution < -0.4 is 0 Å². The number of benzene rings is 1. The Morgan fingerprint density at radius 1 is 1.47 bits per heavy atom. The molecule has 0 fully saturated rings. The highest BCUT2D eigenvalue weighted by atomic mass is 16.5. The molecule has 0 saturated heterocycles. The molecule has 0 aromatic heterocycles. The summed E-state index contributed by atoms with van der Waals surface area (Å²) in [5, 5.41) is 9.64. The van der Waals surface area contributed by atoms with E-state index < -0.39 is 12.1 Å². The van der Waals surface area contributed by atoms with Crippen LogP contribution in [0.1, 0.15) is 18.6 Å². The average molecular weight is 206 g/mol.